The summed E-state index contributed by atoms with van der Waals surface area (Å²) in [5, 5.41) is 0. The third-order valence-electron chi connectivity index (χ3n) is 5.92. The van der Waals surface area contributed by atoms with Crippen LogP contribution in [-0.2, 0) is 17.8 Å². The number of carbonyl (C=O) groups is 1. The Kier molecular flexibility index (Phi) is 3.51. The van der Waals surface area contributed by atoms with Crippen LogP contribution in [-0.4, -0.2) is 32.3 Å². The molecule has 2 aromatic heterocycles. The highest BCUT2D eigenvalue weighted by molar-refractivity contribution is 5.80. The zero-order valence-corrected chi connectivity index (χ0v) is 14.4. The number of pyridine rings is 1. The molecule has 3 atom stereocenters. The summed E-state index contributed by atoms with van der Waals surface area (Å²) in [5.74, 6) is 1.80. The minimum absolute atomic E-state index is 0.103. The molecule has 2 bridgehead atoms. The molecule has 2 aromatic rings. The average Bonchev–Trinajstić information content (AvgIpc) is 3.31. The fourth-order valence-corrected chi connectivity index (χ4v) is 4.57. The molecule has 6 nitrogen and oxygen atoms in total. The van der Waals surface area contributed by atoms with Gasteiger partial charge in [0.05, 0.1) is 12.2 Å². The van der Waals surface area contributed by atoms with Gasteiger partial charge in [-0.2, -0.15) is 0 Å². The maximum Gasteiger partial charge on any atom is 0.254 e. The highest BCUT2D eigenvalue weighted by Crippen LogP contribution is 2.44. The van der Waals surface area contributed by atoms with Gasteiger partial charge in [-0.3, -0.25) is 14.6 Å². The van der Waals surface area contributed by atoms with Gasteiger partial charge in [-0.25, -0.2) is 4.98 Å². The lowest BCUT2D eigenvalue weighted by Gasteiger charge is -2.31. The lowest BCUT2D eigenvalue weighted by Crippen LogP contribution is -2.43. The second kappa shape index (κ2) is 5.90. The van der Waals surface area contributed by atoms with Gasteiger partial charge in [0.15, 0.2) is 0 Å². The first-order valence-corrected chi connectivity index (χ1v) is 9.18. The molecule has 3 aliphatic rings. The van der Waals surface area contributed by atoms with Gasteiger partial charge in [0.1, 0.15) is 5.82 Å². The van der Waals surface area contributed by atoms with Crippen LogP contribution >= 0.6 is 0 Å². The van der Waals surface area contributed by atoms with Gasteiger partial charge in [-0.05, 0) is 43.2 Å². The molecule has 2 aliphatic carbocycles. The van der Waals surface area contributed by atoms with Crippen LogP contribution in [0.25, 0.3) is 11.4 Å². The standard InChI is InChI=1S/C20H20N4O2/c25-19-15-5-7-24(20(26)16-9-12-3-4-13(16)8-12)11-17(15)22-18(23-19)14-2-1-6-21-10-14/h1-4,6,10,12-13,16H,5,7-9,11H2,(H,22,23,25)/t12-,13+,16-/m1/s1. The fraction of sp³-hybridized carbons (Fsp3) is 0.400. The molecule has 132 valence electrons. The maximum absolute atomic E-state index is 13.0. The summed E-state index contributed by atoms with van der Waals surface area (Å²) in [5.41, 5.74) is 2.08. The van der Waals surface area contributed by atoms with E-state index in [4.69, 9.17) is 0 Å². The van der Waals surface area contributed by atoms with Crippen LogP contribution in [0.3, 0.4) is 0 Å². The number of allylic oxidation sites excluding steroid dienone is 2. The van der Waals surface area contributed by atoms with Crippen LogP contribution < -0.4 is 5.56 Å². The largest absolute Gasteiger partial charge is 0.336 e. The van der Waals surface area contributed by atoms with E-state index in [0.29, 0.717) is 48.4 Å². The predicted octanol–water partition coefficient (Wildman–Crippen LogP) is 1.93. The van der Waals surface area contributed by atoms with E-state index in [9.17, 15) is 9.59 Å². The number of fused-ring (bicyclic) bond motifs is 3. The average molecular weight is 348 g/mol. The van der Waals surface area contributed by atoms with Crippen LogP contribution in [0.4, 0.5) is 0 Å². The Labute approximate surface area is 151 Å². The molecule has 0 unspecified atom stereocenters. The Morgan fingerprint density at radius 2 is 2.19 bits per heavy atom. The Morgan fingerprint density at radius 1 is 1.27 bits per heavy atom. The molecule has 26 heavy (non-hydrogen) atoms. The van der Waals surface area contributed by atoms with Crippen LogP contribution in [0.5, 0.6) is 0 Å². The molecular weight excluding hydrogens is 328 g/mol. The number of aromatic nitrogens is 3. The number of hydrogen-bond acceptors (Lipinski definition) is 4. The summed E-state index contributed by atoms with van der Waals surface area (Å²) < 4.78 is 0. The molecule has 1 fully saturated rings. The highest BCUT2D eigenvalue weighted by atomic mass is 16.2. The van der Waals surface area contributed by atoms with Crippen molar-refractivity contribution in [1.82, 2.24) is 19.9 Å². The number of rotatable bonds is 2. The Hall–Kier alpha value is -2.76. The first-order valence-electron chi connectivity index (χ1n) is 9.18. The summed E-state index contributed by atoms with van der Waals surface area (Å²) in [6.07, 6.45) is 10.5. The number of H-pyrrole nitrogens is 1. The molecule has 5 rings (SSSR count). The molecular formula is C20H20N4O2. The second-order valence-electron chi connectivity index (χ2n) is 7.48. The number of nitrogens with one attached hydrogen (secondary N) is 1. The Balaban J connectivity index is 1.43. The van der Waals surface area contributed by atoms with Crippen molar-refractivity contribution in [2.45, 2.75) is 25.8 Å². The summed E-state index contributed by atoms with van der Waals surface area (Å²) in [6, 6.07) is 3.68. The van der Waals surface area contributed by atoms with Crippen LogP contribution in [0.2, 0.25) is 0 Å². The van der Waals surface area contributed by atoms with Gasteiger partial charge in [0, 0.05) is 36.0 Å². The van der Waals surface area contributed by atoms with E-state index < -0.39 is 0 Å². The Morgan fingerprint density at radius 3 is 2.92 bits per heavy atom. The molecule has 0 saturated heterocycles. The number of amides is 1. The van der Waals surface area contributed by atoms with Gasteiger partial charge in [-0.15, -0.1) is 0 Å². The fourth-order valence-electron chi connectivity index (χ4n) is 4.57. The monoisotopic (exact) mass is 348 g/mol. The van der Waals surface area contributed by atoms with Crippen molar-refractivity contribution in [1.29, 1.82) is 0 Å². The number of nitrogens with zero attached hydrogens (tertiary/aromatic N) is 3. The molecule has 1 amide bonds. The number of hydrogen-bond donors (Lipinski definition) is 1. The molecule has 0 radical (unpaired) electrons. The zero-order valence-electron chi connectivity index (χ0n) is 14.4. The van der Waals surface area contributed by atoms with E-state index in [-0.39, 0.29) is 17.4 Å². The predicted molar refractivity (Wildman–Crippen MR) is 96.1 cm³/mol. The lowest BCUT2D eigenvalue weighted by atomic mass is 9.91. The van der Waals surface area contributed by atoms with Gasteiger partial charge in [0.2, 0.25) is 5.91 Å². The molecule has 1 N–H and O–H groups in total. The van der Waals surface area contributed by atoms with Crippen molar-refractivity contribution in [3.63, 3.8) is 0 Å². The molecule has 1 aliphatic heterocycles. The van der Waals surface area contributed by atoms with E-state index >= 15 is 0 Å². The molecule has 6 heteroatoms. The van der Waals surface area contributed by atoms with Gasteiger partial charge in [-0.1, -0.05) is 12.2 Å². The topological polar surface area (TPSA) is 79.0 Å². The highest BCUT2D eigenvalue weighted by Gasteiger charge is 2.42. The minimum Gasteiger partial charge on any atom is -0.336 e. The van der Waals surface area contributed by atoms with Crippen molar-refractivity contribution < 1.29 is 4.79 Å². The van der Waals surface area contributed by atoms with Gasteiger partial charge < -0.3 is 9.88 Å². The van der Waals surface area contributed by atoms with E-state index in [1.807, 2.05) is 17.0 Å². The first-order chi connectivity index (χ1) is 12.7. The van der Waals surface area contributed by atoms with Crippen LogP contribution in [0, 0.1) is 17.8 Å². The van der Waals surface area contributed by atoms with Crippen molar-refractivity contribution in [3.8, 4) is 11.4 Å². The Bertz CT molecular complexity index is 950. The SMILES string of the molecule is O=C([C@@H]1C[C@@H]2C=C[C@H]1C2)N1CCc2c(nc(-c3cccnc3)[nH]c2=O)C1. The smallest absolute Gasteiger partial charge is 0.254 e. The number of aromatic amines is 1. The summed E-state index contributed by atoms with van der Waals surface area (Å²) in [6.45, 7) is 1.02. The van der Waals surface area contributed by atoms with Crippen molar-refractivity contribution >= 4 is 5.91 Å². The molecule has 0 spiro atoms. The van der Waals surface area contributed by atoms with Crippen molar-refractivity contribution in [2.75, 3.05) is 6.54 Å². The quantitative estimate of drug-likeness (QED) is 0.841. The van der Waals surface area contributed by atoms with Gasteiger partial charge >= 0.3 is 0 Å². The van der Waals surface area contributed by atoms with E-state index in [1.165, 1.54) is 0 Å². The minimum atomic E-state index is -0.108. The summed E-state index contributed by atoms with van der Waals surface area (Å²) in [7, 11) is 0. The third-order valence-corrected chi connectivity index (χ3v) is 5.92. The lowest BCUT2D eigenvalue weighted by molar-refractivity contribution is -0.137. The van der Waals surface area contributed by atoms with E-state index in [1.54, 1.807) is 12.4 Å². The van der Waals surface area contributed by atoms with E-state index in [2.05, 4.69) is 27.1 Å². The normalized spacial score (nSPS) is 26.2. The summed E-state index contributed by atoms with van der Waals surface area (Å²) in [4.78, 5) is 39.0. The van der Waals surface area contributed by atoms with Crippen molar-refractivity contribution in [2.24, 2.45) is 17.8 Å². The first kappa shape index (κ1) is 15.5. The van der Waals surface area contributed by atoms with Crippen LogP contribution in [0.15, 0.2) is 41.5 Å². The van der Waals surface area contributed by atoms with Crippen molar-refractivity contribution in [3.05, 3.63) is 58.3 Å². The van der Waals surface area contributed by atoms with Gasteiger partial charge in [0.25, 0.3) is 5.56 Å². The third kappa shape index (κ3) is 2.48. The molecule has 3 heterocycles. The zero-order chi connectivity index (χ0) is 17.7. The molecule has 1 saturated carbocycles. The maximum atomic E-state index is 13.0. The number of carbonyl (C=O) groups excluding carboxylic acids is 1. The second-order valence-corrected chi connectivity index (χ2v) is 7.48. The van der Waals surface area contributed by atoms with E-state index in [0.717, 1.165) is 18.4 Å². The molecule has 0 aromatic carbocycles. The van der Waals surface area contributed by atoms with Crippen LogP contribution in [0.1, 0.15) is 24.1 Å². The summed E-state index contributed by atoms with van der Waals surface area (Å²) >= 11 is 0.